The number of non-ortho nitro benzene ring substituents is 1. The molecule has 0 bridgehead atoms. The zero-order valence-electron chi connectivity index (χ0n) is 15.8. The summed E-state index contributed by atoms with van der Waals surface area (Å²) in [5.41, 5.74) is 0.962. The number of ether oxygens (including phenoxy) is 1. The predicted molar refractivity (Wildman–Crippen MR) is 107 cm³/mol. The van der Waals surface area contributed by atoms with E-state index in [0.29, 0.717) is 16.9 Å². The lowest BCUT2D eigenvalue weighted by atomic mass is 10.2. The van der Waals surface area contributed by atoms with E-state index in [2.05, 4.69) is 10.6 Å². The van der Waals surface area contributed by atoms with E-state index in [1.165, 1.54) is 24.3 Å². The molecule has 0 aliphatic carbocycles. The highest BCUT2D eigenvalue weighted by atomic mass is 16.6. The molecule has 8 heteroatoms. The van der Waals surface area contributed by atoms with Gasteiger partial charge in [0.1, 0.15) is 5.60 Å². The highest BCUT2D eigenvalue weighted by molar-refractivity contribution is 6.02. The van der Waals surface area contributed by atoms with Gasteiger partial charge in [0.05, 0.1) is 4.92 Å². The first kappa shape index (κ1) is 20.6. The van der Waals surface area contributed by atoms with Gasteiger partial charge >= 0.3 is 6.09 Å². The Labute approximate surface area is 162 Å². The number of nitrogens with zero attached hydrogens (tertiary/aromatic N) is 1. The number of carbonyl (C=O) groups excluding carboxylic acids is 2. The lowest BCUT2D eigenvalue weighted by Crippen LogP contribution is -2.27. The van der Waals surface area contributed by atoms with Crippen LogP contribution in [0.15, 0.2) is 54.6 Å². The van der Waals surface area contributed by atoms with Crippen molar-refractivity contribution >= 4 is 35.1 Å². The summed E-state index contributed by atoms with van der Waals surface area (Å²) in [6.45, 7) is 5.31. The molecule has 2 aromatic rings. The van der Waals surface area contributed by atoms with Crippen LogP contribution >= 0.6 is 0 Å². The van der Waals surface area contributed by atoms with E-state index < -0.39 is 16.6 Å². The molecule has 2 amide bonds. The van der Waals surface area contributed by atoms with Crippen LogP contribution in [-0.4, -0.2) is 22.5 Å². The Balaban J connectivity index is 1.93. The summed E-state index contributed by atoms with van der Waals surface area (Å²) < 4.78 is 5.16. The maximum Gasteiger partial charge on any atom is 0.412 e. The van der Waals surface area contributed by atoms with Gasteiger partial charge < -0.3 is 10.1 Å². The summed E-state index contributed by atoms with van der Waals surface area (Å²) in [4.78, 5) is 34.0. The van der Waals surface area contributed by atoms with E-state index in [4.69, 9.17) is 4.74 Å². The normalized spacial score (nSPS) is 11.1. The van der Waals surface area contributed by atoms with E-state index in [9.17, 15) is 19.7 Å². The molecule has 0 aliphatic heterocycles. The van der Waals surface area contributed by atoms with E-state index in [-0.39, 0.29) is 11.6 Å². The van der Waals surface area contributed by atoms with Crippen LogP contribution in [0.3, 0.4) is 0 Å². The molecule has 0 spiro atoms. The van der Waals surface area contributed by atoms with Crippen LogP contribution in [0.25, 0.3) is 6.08 Å². The molecular weight excluding hydrogens is 362 g/mol. The van der Waals surface area contributed by atoms with Crippen molar-refractivity contribution in [3.05, 3.63) is 70.3 Å². The fraction of sp³-hybridized carbons (Fsp3) is 0.200. The number of nitrogens with one attached hydrogen (secondary N) is 2. The van der Waals surface area contributed by atoms with Crippen molar-refractivity contribution in [1.29, 1.82) is 0 Å². The Hall–Kier alpha value is -3.68. The van der Waals surface area contributed by atoms with Crippen LogP contribution < -0.4 is 10.6 Å². The number of rotatable bonds is 5. The van der Waals surface area contributed by atoms with Crippen molar-refractivity contribution < 1.29 is 19.2 Å². The van der Waals surface area contributed by atoms with Crippen molar-refractivity contribution in [3.8, 4) is 0 Å². The zero-order valence-corrected chi connectivity index (χ0v) is 15.8. The minimum Gasteiger partial charge on any atom is -0.444 e. The second-order valence-electron chi connectivity index (χ2n) is 6.88. The summed E-state index contributed by atoms with van der Waals surface area (Å²) in [6, 6.07) is 12.5. The average Bonchev–Trinajstić information content (AvgIpc) is 2.60. The zero-order chi connectivity index (χ0) is 20.7. The standard InChI is InChI=1S/C20H21N3O5/c1-20(2,3)28-19(25)22-16-10-8-15(9-11-16)21-18(24)12-7-14-5-4-6-17(13-14)23(26)27/h4-13H,1-3H3,(H,21,24)(H,22,25)/b12-7+. The number of hydrogen-bond acceptors (Lipinski definition) is 5. The quantitative estimate of drug-likeness (QED) is 0.445. The number of amides is 2. The van der Waals surface area contributed by atoms with Gasteiger partial charge in [-0.15, -0.1) is 0 Å². The molecule has 0 radical (unpaired) electrons. The largest absolute Gasteiger partial charge is 0.444 e. The third-order valence-electron chi connectivity index (χ3n) is 3.31. The summed E-state index contributed by atoms with van der Waals surface area (Å²) in [5.74, 6) is -0.389. The molecule has 0 fully saturated rings. The first-order valence-corrected chi connectivity index (χ1v) is 8.46. The van der Waals surface area contributed by atoms with E-state index in [0.717, 1.165) is 0 Å². The predicted octanol–water partition coefficient (Wildman–Crippen LogP) is 4.59. The molecule has 2 aromatic carbocycles. The number of benzene rings is 2. The molecule has 0 unspecified atom stereocenters. The minimum absolute atomic E-state index is 0.0457. The number of nitro benzene ring substituents is 1. The van der Waals surface area contributed by atoms with Crippen LogP contribution in [0, 0.1) is 10.1 Å². The Morgan fingerprint density at radius 2 is 1.64 bits per heavy atom. The Morgan fingerprint density at radius 3 is 2.21 bits per heavy atom. The van der Waals surface area contributed by atoms with Crippen molar-refractivity contribution in [2.45, 2.75) is 26.4 Å². The van der Waals surface area contributed by atoms with Crippen LogP contribution in [0.5, 0.6) is 0 Å². The van der Waals surface area contributed by atoms with Crippen molar-refractivity contribution in [3.63, 3.8) is 0 Å². The van der Waals surface area contributed by atoms with Crippen molar-refractivity contribution in [2.75, 3.05) is 10.6 Å². The lowest BCUT2D eigenvalue weighted by Gasteiger charge is -2.19. The van der Waals surface area contributed by atoms with E-state index in [1.807, 2.05) is 0 Å². The molecule has 2 N–H and O–H groups in total. The smallest absolute Gasteiger partial charge is 0.412 e. The summed E-state index contributed by atoms with van der Waals surface area (Å²) in [7, 11) is 0. The first-order chi connectivity index (χ1) is 13.1. The van der Waals surface area contributed by atoms with Gasteiger partial charge in [-0.1, -0.05) is 12.1 Å². The highest BCUT2D eigenvalue weighted by Gasteiger charge is 2.16. The number of nitro groups is 1. The van der Waals surface area contributed by atoms with Crippen molar-refractivity contribution in [2.24, 2.45) is 0 Å². The number of carbonyl (C=O) groups is 2. The molecule has 2 rings (SSSR count). The second-order valence-corrected chi connectivity index (χ2v) is 6.88. The molecule has 0 saturated carbocycles. The van der Waals surface area contributed by atoms with Crippen LogP contribution in [0.4, 0.5) is 21.9 Å². The van der Waals surface area contributed by atoms with Gasteiger partial charge in [0.2, 0.25) is 5.91 Å². The maximum atomic E-state index is 12.0. The van der Waals surface area contributed by atoms with Gasteiger partial charge in [0, 0.05) is 29.6 Å². The van der Waals surface area contributed by atoms with Crippen LogP contribution in [0.1, 0.15) is 26.3 Å². The molecule has 8 nitrogen and oxygen atoms in total. The third kappa shape index (κ3) is 6.91. The van der Waals surface area contributed by atoms with Gasteiger partial charge in [-0.25, -0.2) is 4.79 Å². The number of hydrogen-bond donors (Lipinski definition) is 2. The lowest BCUT2D eigenvalue weighted by molar-refractivity contribution is -0.384. The van der Waals surface area contributed by atoms with Gasteiger partial charge in [-0.2, -0.15) is 0 Å². The molecule has 146 valence electrons. The third-order valence-corrected chi connectivity index (χ3v) is 3.31. The topological polar surface area (TPSA) is 111 Å². The summed E-state index contributed by atoms with van der Waals surface area (Å²) in [5, 5.41) is 16.0. The fourth-order valence-electron chi connectivity index (χ4n) is 2.16. The minimum atomic E-state index is -0.594. The second kappa shape index (κ2) is 8.81. The van der Waals surface area contributed by atoms with E-state index in [1.54, 1.807) is 57.2 Å². The maximum absolute atomic E-state index is 12.0. The molecule has 0 aromatic heterocycles. The molecule has 28 heavy (non-hydrogen) atoms. The monoisotopic (exact) mass is 383 g/mol. The number of anilines is 2. The molecule has 0 atom stereocenters. The highest BCUT2D eigenvalue weighted by Crippen LogP contribution is 2.16. The van der Waals surface area contributed by atoms with E-state index >= 15 is 0 Å². The summed E-state index contributed by atoms with van der Waals surface area (Å²) in [6.07, 6.45) is 2.20. The molecule has 0 heterocycles. The Morgan fingerprint density at radius 1 is 1.04 bits per heavy atom. The van der Waals surface area contributed by atoms with Crippen molar-refractivity contribution in [1.82, 2.24) is 0 Å². The molecular formula is C20H21N3O5. The first-order valence-electron chi connectivity index (χ1n) is 8.46. The van der Waals surface area contributed by atoms with Gasteiger partial charge in [-0.05, 0) is 56.7 Å². The molecule has 0 saturated heterocycles. The Bertz CT molecular complexity index is 899. The molecule has 0 aliphatic rings. The summed E-state index contributed by atoms with van der Waals surface area (Å²) >= 11 is 0. The SMILES string of the molecule is CC(C)(C)OC(=O)Nc1ccc(NC(=O)/C=C/c2cccc([N+](=O)[O-])c2)cc1. The van der Waals surface area contributed by atoms with Gasteiger partial charge in [0.25, 0.3) is 5.69 Å². The Kier molecular flexibility index (Phi) is 6.49. The average molecular weight is 383 g/mol. The van der Waals surface area contributed by atoms with Gasteiger partial charge in [0.15, 0.2) is 0 Å². The van der Waals surface area contributed by atoms with Gasteiger partial charge in [-0.3, -0.25) is 20.2 Å². The van der Waals surface area contributed by atoms with Crippen LogP contribution in [0.2, 0.25) is 0 Å². The fourth-order valence-corrected chi connectivity index (χ4v) is 2.16. The van der Waals surface area contributed by atoms with Crippen LogP contribution in [-0.2, 0) is 9.53 Å².